The Balaban J connectivity index is 1.59. The molecule has 0 atom stereocenters. The molecule has 1 heterocycles. The van der Waals surface area contributed by atoms with Crippen LogP contribution in [0.4, 0.5) is 4.39 Å². The molecule has 5 nitrogen and oxygen atoms in total. The summed E-state index contributed by atoms with van der Waals surface area (Å²) < 4.78 is 26.3. The standard InChI is InChI=1S/C28H27BrFNO4/c1-31-20-9-5-11-22(32)26(20)25(27-21(31)10-6-12-23(27)33)17-13-18(29)28(24(14-17)34-2)35-15-16-7-3-4-8-19(16)30/h3-4,7-8,13-14,25H,5-6,9-12,15H2,1-2H3. The van der Waals surface area contributed by atoms with Crippen molar-refractivity contribution in [3.63, 3.8) is 0 Å². The second kappa shape index (κ2) is 9.61. The Labute approximate surface area is 212 Å². The van der Waals surface area contributed by atoms with Crippen LogP contribution in [0.2, 0.25) is 0 Å². The third kappa shape index (κ3) is 4.20. The lowest BCUT2D eigenvalue weighted by Crippen LogP contribution is -2.37. The van der Waals surface area contributed by atoms with E-state index in [1.165, 1.54) is 6.07 Å². The molecule has 0 saturated heterocycles. The molecule has 182 valence electrons. The maximum Gasteiger partial charge on any atom is 0.175 e. The van der Waals surface area contributed by atoms with Crippen LogP contribution in [0.15, 0.2) is 63.4 Å². The van der Waals surface area contributed by atoms with Gasteiger partial charge in [0.1, 0.15) is 12.4 Å². The highest BCUT2D eigenvalue weighted by Crippen LogP contribution is 2.50. The van der Waals surface area contributed by atoms with E-state index in [-0.39, 0.29) is 24.0 Å². The number of ketones is 2. The van der Waals surface area contributed by atoms with Gasteiger partial charge in [-0.3, -0.25) is 9.59 Å². The zero-order valence-electron chi connectivity index (χ0n) is 19.8. The average Bonchev–Trinajstić information content (AvgIpc) is 2.85. The molecule has 0 fully saturated rings. The van der Waals surface area contributed by atoms with E-state index >= 15 is 0 Å². The van der Waals surface area contributed by atoms with E-state index in [0.717, 1.165) is 53.8 Å². The van der Waals surface area contributed by atoms with Crippen molar-refractivity contribution in [1.82, 2.24) is 4.90 Å². The van der Waals surface area contributed by atoms with Crippen molar-refractivity contribution in [2.24, 2.45) is 0 Å². The summed E-state index contributed by atoms with van der Waals surface area (Å²) in [7, 11) is 3.53. The Bertz CT molecular complexity index is 1240. The fraction of sp³-hybridized carbons (Fsp3) is 0.357. The van der Waals surface area contributed by atoms with Crippen molar-refractivity contribution in [2.45, 2.75) is 51.0 Å². The molecule has 0 amide bonds. The first-order valence-corrected chi connectivity index (χ1v) is 12.7. The number of rotatable bonds is 5. The van der Waals surface area contributed by atoms with Crippen LogP contribution in [0.1, 0.15) is 55.6 Å². The lowest BCUT2D eigenvalue weighted by Gasteiger charge is -2.42. The van der Waals surface area contributed by atoms with Crippen LogP contribution in [0.5, 0.6) is 11.5 Å². The van der Waals surface area contributed by atoms with E-state index in [1.54, 1.807) is 25.3 Å². The average molecular weight is 540 g/mol. The summed E-state index contributed by atoms with van der Waals surface area (Å²) >= 11 is 3.60. The fourth-order valence-electron chi connectivity index (χ4n) is 5.50. The minimum atomic E-state index is -0.428. The van der Waals surface area contributed by atoms with Crippen molar-refractivity contribution in [1.29, 1.82) is 0 Å². The van der Waals surface area contributed by atoms with Gasteiger partial charge in [0.25, 0.3) is 0 Å². The summed E-state index contributed by atoms with van der Waals surface area (Å²) in [6, 6.07) is 10.2. The number of ether oxygens (including phenoxy) is 2. The highest BCUT2D eigenvalue weighted by molar-refractivity contribution is 9.10. The number of methoxy groups -OCH3 is 1. The molecular formula is C28H27BrFNO4. The Hall–Kier alpha value is -2.93. The van der Waals surface area contributed by atoms with E-state index < -0.39 is 5.92 Å². The minimum absolute atomic E-state index is 0.0385. The summed E-state index contributed by atoms with van der Waals surface area (Å²) in [4.78, 5) is 28.5. The zero-order valence-corrected chi connectivity index (χ0v) is 21.4. The van der Waals surface area contributed by atoms with Crippen LogP contribution in [0.3, 0.4) is 0 Å². The maximum absolute atomic E-state index is 14.1. The van der Waals surface area contributed by atoms with Crippen molar-refractivity contribution in [3.05, 3.63) is 80.4 Å². The molecule has 5 rings (SSSR count). The van der Waals surface area contributed by atoms with E-state index in [9.17, 15) is 14.0 Å². The highest BCUT2D eigenvalue weighted by Gasteiger charge is 2.42. The summed E-state index contributed by atoms with van der Waals surface area (Å²) in [5, 5.41) is 0. The molecule has 3 aliphatic rings. The Kier molecular flexibility index (Phi) is 6.53. The summed E-state index contributed by atoms with van der Waals surface area (Å²) in [5.41, 5.74) is 4.74. The van der Waals surface area contributed by atoms with Gasteiger partial charge in [0.05, 0.1) is 11.6 Å². The Morgan fingerprint density at radius 3 is 2.23 bits per heavy atom. The van der Waals surface area contributed by atoms with Gasteiger partial charge in [-0.25, -0.2) is 4.39 Å². The molecule has 0 bridgehead atoms. The van der Waals surface area contributed by atoms with Crippen molar-refractivity contribution < 1.29 is 23.5 Å². The van der Waals surface area contributed by atoms with Gasteiger partial charge in [-0.05, 0) is 65.4 Å². The van der Waals surface area contributed by atoms with Gasteiger partial charge in [-0.15, -0.1) is 0 Å². The molecule has 2 aromatic rings. The van der Waals surface area contributed by atoms with Gasteiger partial charge >= 0.3 is 0 Å². The van der Waals surface area contributed by atoms with Gasteiger partial charge in [0.15, 0.2) is 23.1 Å². The number of halogens is 2. The number of hydrogen-bond acceptors (Lipinski definition) is 5. The lowest BCUT2D eigenvalue weighted by molar-refractivity contribution is -0.117. The van der Waals surface area contributed by atoms with Crippen LogP contribution >= 0.6 is 15.9 Å². The highest BCUT2D eigenvalue weighted by atomic mass is 79.9. The Morgan fingerprint density at radius 2 is 1.63 bits per heavy atom. The summed E-state index contributed by atoms with van der Waals surface area (Å²) in [6.07, 6.45) is 4.26. The second-order valence-corrected chi connectivity index (χ2v) is 10.0. The first-order valence-electron chi connectivity index (χ1n) is 11.9. The number of carbonyl (C=O) groups excluding carboxylic acids is 2. The van der Waals surface area contributed by atoms with E-state index in [2.05, 4.69) is 20.8 Å². The third-order valence-electron chi connectivity index (χ3n) is 7.16. The van der Waals surface area contributed by atoms with Gasteiger partial charge in [-0.2, -0.15) is 0 Å². The van der Waals surface area contributed by atoms with E-state index in [0.29, 0.717) is 34.4 Å². The quantitative estimate of drug-likeness (QED) is 0.451. The number of hydrogen-bond donors (Lipinski definition) is 0. The molecular weight excluding hydrogens is 513 g/mol. The maximum atomic E-state index is 14.1. The molecule has 0 radical (unpaired) electrons. The first kappa shape index (κ1) is 23.8. The number of benzene rings is 2. The molecule has 0 saturated carbocycles. The number of nitrogens with zero attached hydrogens (tertiary/aromatic N) is 1. The van der Waals surface area contributed by atoms with Gasteiger partial charge in [0, 0.05) is 53.9 Å². The smallest absolute Gasteiger partial charge is 0.175 e. The number of Topliss-reactive ketones (excluding diaryl/α,β-unsaturated/α-hetero) is 2. The van der Waals surface area contributed by atoms with Crippen molar-refractivity contribution in [3.8, 4) is 11.5 Å². The van der Waals surface area contributed by atoms with E-state index in [4.69, 9.17) is 9.47 Å². The molecule has 35 heavy (non-hydrogen) atoms. The zero-order chi connectivity index (χ0) is 24.7. The molecule has 7 heteroatoms. The van der Waals surface area contributed by atoms with E-state index in [1.807, 2.05) is 19.2 Å². The first-order chi connectivity index (χ1) is 16.9. The molecule has 2 aromatic carbocycles. The lowest BCUT2D eigenvalue weighted by atomic mass is 9.71. The van der Waals surface area contributed by atoms with Crippen LogP contribution < -0.4 is 9.47 Å². The Morgan fingerprint density at radius 1 is 1.00 bits per heavy atom. The molecule has 0 N–H and O–H groups in total. The van der Waals surface area contributed by atoms with Crippen LogP contribution in [-0.4, -0.2) is 30.6 Å². The van der Waals surface area contributed by atoms with Crippen LogP contribution in [0.25, 0.3) is 0 Å². The number of allylic oxidation sites excluding steroid dienone is 4. The molecule has 1 aliphatic heterocycles. The van der Waals surface area contributed by atoms with Gasteiger partial charge in [0.2, 0.25) is 0 Å². The largest absolute Gasteiger partial charge is 0.493 e. The van der Waals surface area contributed by atoms with Crippen molar-refractivity contribution in [2.75, 3.05) is 14.2 Å². The van der Waals surface area contributed by atoms with Crippen LogP contribution in [0, 0.1) is 5.82 Å². The second-order valence-electron chi connectivity index (χ2n) is 9.18. The normalized spacial score (nSPS) is 18.6. The molecule has 0 spiro atoms. The predicted molar refractivity (Wildman–Crippen MR) is 134 cm³/mol. The number of carbonyl (C=O) groups is 2. The van der Waals surface area contributed by atoms with Gasteiger partial charge < -0.3 is 14.4 Å². The van der Waals surface area contributed by atoms with Gasteiger partial charge in [-0.1, -0.05) is 18.2 Å². The fourth-order valence-corrected chi connectivity index (χ4v) is 6.07. The topological polar surface area (TPSA) is 55.8 Å². The molecule has 2 aliphatic carbocycles. The SMILES string of the molecule is COc1cc(C2C3=C(CCCC3=O)N(C)C3=C2C(=O)CCC3)cc(Br)c1OCc1ccccc1F. The molecule has 0 aromatic heterocycles. The monoisotopic (exact) mass is 539 g/mol. The van der Waals surface area contributed by atoms with Crippen molar-refractivity contribution >= 4 is 27.5 Å². The summed E-state index contributed by atoms with van der Waals surface area (Å²) in [5.74, 6) is 0.339. The van der Waals surface area contributed by atoms with Crippen LogP contribution in [-0.2, 0) is 16.2 Å². The minimum Gasteiger partial charge on any atom is -0.493 e. The summed E-state index contributed by atoms with van der Waals surface area (Å²) in [6.45, 7) is 0.0385. The third-order valence-corrected chi connectivity index (χ3v) is 7.75. The predicted octanol–water partition coefficient (Wildman–Crippen LogP) is 6.22. The molecule has 0 unspecified atom stereocenters.